The number of amides is 1. The first-order chi connectivity index (χ1) is 17.4. The van der Waals surface area contributed by atoms with Gasteiger partial charge < -0.3 is 29.4 Å². The topological polar surface area (TPSA) is 118 Å². The number of carbonyl (C=O) groups is 2. The number of Topliss-reactive ketones (excluding diaryl/α,β-unsaturated/α-hetero) is 1. The number of carbonyl (C=O) groups excluding carboxylic acids is 2. The van der Waals surface area contributed by atoms with Gasteiger partial charge in [0, 0.05) is 38.9 Å². The Balaban J connectivity index is 1.81. The van der Waals surface area contributed by atoms with Crippen LogP contribution < -0.4 is 19.7 Å². The molecule has 0 radical (unpaired) electrons. The van der Waals surface area contributed by atoms with E-state index in [2.05, 4.69) is 15.3 Å². The molecule has 2 aromatic carbocycles. The number of nitrogens with zero attached hydrogens (tertiary/aromatic N) is 3. The minimum Gasteiger partial charge on any atom is -0.497 e. The van der Waals surface area contributed by atoms with Crippen LogP contribution in [-0.2, 0) is 14.3 Å². The number of nitrogens with one attached hydrogen (secondary N) is 2. The van der Waals surface area contributed by atoms with Gasteiger partial charge in [0.2, 0.25) is 5.91 Å². The van der Waals surface area contributed by atoms with Crippen molar-refractivity contribution in [2.45, 2.75) is 24.8 Å². The van der Waals surface area contributed by atoms with Gasteiger partial charge in [-0.25, -0.2) is 4.98 Å². The third-order valence-electron chi connectivity index (χ3n) is 6.49. The van der Waals surface area contributed by atoms with Gasteiger partial charge in [0.25, 0.3) is 0 Å². The van der Waals surface area contributed by atoms with E-state index < -0.39 is 11.5 Å². The molecule has 0 spiro atoms. The molecule has 1 saturated heterocycles. The summed E-state index contributed by atoms with van der Waals surface area (Å²) in [5, 5.41) is 2.83. The van der Waals surface area contributed by atoms with Crippen LogP contribution in [0.5, 0.6) is 11.5 Å². The number of aromatic amines is 1. The summed E-state index contributed by atoms with van der Waals surface area (Å²) in [7, 11) is 6.27. The Hall–Kier alpha value is -3.92. The lowest BCUT2D eigenvalue weighted by molar-refractivity contribution is -0.126. The third-order valence-corrected chi connectivity index (χ3v) is 6.49. The molecule has 190 valence electrons. The van der Waals surface area contributed by atoms with Crippen molar-refractivity contribution in [1.29, 1.82) is 0 Å². The molecule has 2 atom stereocenters. The van der Waals surface area contributed by atoms with Crippen LogP contribution in [0.4, 0.5) is 5.69 Å². The minimum absolute atomic E-state index is 0.0509. The van der Waals surface area contributed by atoms with Crippen LogP contribution in [-0.4, -0.2) is 74.6 Å². The number of ether oxygens (including phenoxy) is 3. The summed E-state index contributed by atoms with van der Waals surface area (Å²) in [5.41, 5.74) is 1.25. The van der Waals surface area contributed by atoms with Crippen LogP contribution in [0.25, 0.3) is 11.0 Å². The van der Waals surface area contributed by atoms with E-state index in [0.29, 0.717) is 35.3 Å². The first kappa shape index (κ1) is 25.2. The molecule has 4 rings (SSSR count). The Morgan fingerprint density at radius 2 is 1.86 bits per heavy atom. The summed E-state index contributed by atoms with van der Waals surface area (Å²) in [6.45, 7) is 2.08. The number of imidazole rings is 1. The van der Waals surface area contributed by atoms with Gasteiger partial charge in [0.15, 0.2) is 5.78 Å². The molecule has 0 aliphatic carbocycles. The van der Waals surface area contributed by atoms with Crippen molar-refractivity contribution in [1.82, 2.24) is 15.3 Å². The van der Waals surface area contributed by atoms with Crippen LogP contribution >= 0.6 is 0 Å². The second-order valence-electron chi connectivity index (χ2n) is 8.73. The molecule has 10 nitrogen and oxygen atoms in total. The summed E-state index contributed by atoms with van der Waals surface area (Å²) in [6, 6.07) is 13.1. The number of ketones is 1. The summed E-state index contributed by atoms with van der Waals surface area (Å²) in [5.74, 6) is 1.17. The molecule has 3 aromatic rings. The number of aromatic nitrogens is 2. The largest absolute Gasteiger partial charge is 0.497 e. The molecule has 1 aromatic heterocycles. The quantitative estimate of drug-likeness (QED) is 0.471. The number of benzene rings is 2. The number of rotatable bonds is 9. The van der Waals surface area contributed by atoms with Gasteiger partial charge in [0.05, 0.1) is 30.9 Å². The number of hydrogen-bond acceptors (Lipinski definition) is 7. The lowest BCUT2D eigenvalue weighted by atomic mass is 9.88. The van der Waals surface area contributed by atoms with Gasteiger partial charge in [-0.1, -0.05) is 12.1 Å². The maximum atomic E-state index is 14.2. The summed E-state index contributed by atoms with van der Waals surface area (Å²) in [6.07, 6.45) is 0.330. The van der Waals surface area contributed by atoms with Crippen LogP contribution in [0.15, 0.2) is 47.5 Å². The number of H-pyrrole nitrogens is 1. The van der Waals surface area contributed by atoms with E-state index in [4.69, 9.17) is 19.2 Å². The molecular weight excluding hydrogens is 462 g/mol. The second-order valence-corrected chi connectivity index (χ2v) is 8.73. The predicted molar refractivity (Wildman–Crippen MR) is 137 cm³/mol. The normalized spacial score (nSPS) is 20.8. The Kier molecular flexibility index (Phi) is 7.25. The highest BCUT2D eigenvalue weighted by Gasteiger charge is 2.55. The van der Waals surface area contributed by atoms with Crippen LogP contribution in [0.3, 0.4) is 0 Å². The van der Waals surface area contributed by atoms with Gasteiger partial charge in [0.1, 0.15) is 41.2 Å². The average Bonchev–Trinajstić information content (AvgIpc) is 3.40. The van der Waals surface area contributed by atoms with E-state index in [-0.39, 0.29) is 24.8 Å². The monoisotopic (exact) mass is 493 g/mol. The number of anilines is 1. The molecule has 2 unspecified atom stereocenters. The fraction of sp³-hybridized carbons (Fsp3) is 0.385. The zero-order chi connectivity index (χ0) is 25.9. The zero-order valence-electron chi connectivity index (χ0n) is 21.1. The first-order valence-corrected chi connectivity index (χ1v) is 11.6. The number of para-hydroxylation sites is 2. The van der Waals surface area contributed by atoms with Crippen molar-refractivity contribution in [3.63, 3.8) is 0 Å². The van der Waals surface area contributed by atoms with E-state index in [0.717, 1.165) is 11.0 Å². The van der Waals surface area contributed by atoms with Crippen LogP contribution in [0.2, 0.25) is 0 Å². The lowest BCUT2D eigenvalue weighted by Gasteiger charge is -2.35. The molecule has 1 aliphatic rings. The van der Waals surface area contributed by atoms with Crippen molar-refractivity contribution < 1.29 is 23.8 Å². The molecule has 2 heterocycles. The van der Waals surface area contributed by atoms with Gasteiger partial charge in [-0.05, 0) is 25.5 Å². The first-order valence-electron chi connectivity index (χ1n) is 11.6. The lowest BCUT2D eigenvalue weighted by Crippen LogP contribution is -2.49. The van der Waals surface area contributed by atoms with E-state index in [1.807, 2.05) is 48.2 Å². The van der Waals surface area contributed by atoms with Crippen LogP contribution in [0.1, 0.15) is 25.1 Å². The van der Waals surface area contributed by atoms with Crippen molar-refractivity contribution in [3.8, 4) is 11.5 Å². The third kappa shape index (κ3) is 4.51. The maximum Gasteiger partial charge on any atom is 0.245 e. The fourth-order valence-electron chi connectivity index (χ4n) is 4.71. The van der Waals surface area contributed by atoms with Gasteiger partial charge in [-0.3, -0.25) is 14.6 Å². The molecule has 10 heteroatoms. The zero-order valence-corrected chi connectivity index (χ0v) is 21.1. The molecule has 0 saturated carbocycles. The molecule has 1 fully saturated rings. The number of hydrogen-bond donors (Lipinski definition) is 2. The van der Waals surface area contributed by atoms with E-state index in [1.54, 1.807) is 27.3 Å². The highest BCUT2D eigenvalue weighted by Crippen LogP contribution is 2.44. The maximum absolute atomic E-state index is 14.2. The highest BCUT2D eigenvalue weighted by molar-refractivity contribution is 6.27. The number of amidine groups is 1. The smallest absolute Gasteiger partial charge is 0.245 e. The fourth-order valence-corrected chi connectivity index (χ4v) is 4.71. The van der Waals surface area contributed by atoms with Crippen molar-refractivity contribution in [2.75, 3.05) is 46.4 Å². The Morgan fingerprint density at radius 3 is 2.47 bits per heavy atom. The van der Waals surface area contributed by atoms with E-state index in [9.17, 15) is 9.59 Å². The average molecular weight is 494 g/mol. The van der Waals surface area contributed by atoms with Crippen LogP contribution in [0, 0.1) is 0 Å². The standard InChI is InChI=1S/C26H31N5O5/c1-26(10-11-28-21(32)15-34-3)23(33)22(24-29-19-8-6-7-9-20(19)30-24)25(27-2)31(26)16-12-17(35-4)14-18(13-16)36-5/h6-9,12-14,22H,10-11,15H2,1-5H3,(H,28,32)(H,29,30). The number of aliphatic imine (C=N–C) groups is 1. The molecule has 0 bridgehead atoms. The molecular formula is C26H31N5O5. The Labute approximate surface area is 209 Å². The van der Waals surface area contributed by atoms with Crippen molar-refractivity contribution >= 4 is 34.2 Å². The summed E-state index contributed by atoms with van der Waals surface area (Å²) in [4.78, 5) is 40.7. The van der Waals surface area contributed by atoms with E-state index in [1.165, 1.54) is 7.11 Å². The number of fused-ring (bicyclic) bond motifs is 1. The highest BCUT2D eigenvalue weighted by atomic mass is 16.5. The van der Waals surface area contributed by atoms with Crippen molar-refractivity contribution in [2.24, 2.45) is 4.99 Å². The molecule has 1 aliphatic heterocycles. The number of methoxy groups -OCH3 is 3. The molecule has 36 heavy (non-hydrogen) atoms. The predicted octanol–water partition coefficient (Wildman–Crippen LogP) is 2.69. The molecule has 1 amide bonds. The second kappa shape index (κ2) is 10.4. The summed E-state index contributed by atoms with van der Waals surface area (Å²) < 4.78 is 15.9. The SMILES string of the molecule is CN=C1C(c2nc3ccccc3[nH]2)C(=O)C(C)(CCNC(=O)COC)N1c1cc(OC)cc(OC)c1. The minimum atomic E-state index is -1.05. The summed E-state index contributed by atoms with van der Waals surface area (Å²) >= 11 is 0. The van der Waals surface area contributed by atoms with Gasteiger partial charge in [-0.2, -0.15) is 0 Å². The van der Waals surface area contributed by atoms with Crippen molar-refractivity contribution in [3.05, 3.63) is 48.3 Å². The Morgan fingerprint density at radius 1 is 1.17 bits per heavy atom. The van der Waals surface area contributed by atoms with Gasteiger partial charge in [-0.15, -0.1) is 0 Å². The Bertz CT molecular complexity index is 1250. The van der Waals surface area contributed by atoms with E-state index >= 15 is 0 Å². The van der Waals surface area contributed by atoms with Gasteiger partial charge >= 0.3 is 0 Å². The molecule has 2 N–H and O–H groups in total.